The van der Waals surface area contributed by atoms with Crippen LogP contribution in [0.3, 0.4) is 0 Å². The lowest BCUT2D eigenvalue weighted by Crippen LogP contribution is -2.58. The van der Waals surface area contributed by atoms with Crippen LogP contribution in [0.15, 0.2) is 30.3 Å². The van der Waals surface area contributed by atoms with Crippen LogP contribution in [0, 0.1) is 11.8 Å². The molecule has 0 aromatic heterocycles. The smallest absolute Gasteiger partial charge is 0.314 e. The highest BCUT2D eigenvalue weighted by molar-refractivity contribution is 5.82. The van der Waals surface area contributed by atoms with E-state index in [0.29, 0.717) is 12.0 Å². The van der Waals surface area contributed by atoms with Crippen molar-refractivity contribution in [3.63, 3.8) is 0 Å². The summed E-state index contributed by atoms with van der Waals surface area (Å²) >= 11 is 0. The van der Waals surface area contributed by atoms with Gasteiger partial charge in [0.05, 0.1) is 5.41 Å². The number of carbonyl (C=O) groups is 1. The van der Waals surface area contributed by atoms with E-state index in [9.17, 15) is 9.90 Å². The molecule has 2 saturated heterocycles. The number of hydrogen-bond acceptors (Lipinski definition) is 2. The normalized spacial score (nSPS) is 40.7. The van der Waals surface area contributed by atoms with Crippen molar-refractivity contribution in [1.29, 1.82) is 0 Å². The summed E-state index contributed by atoms with van der Waals surface area (Å²) in [6, 6.07) is 10.5. The molecule has 2 bridgehead atoms. The molecule has 3 nitrogen and oxygen atoms in total. The Morgan fingerprint density at radius 1 is 1.14 bits per heavy atom. The van der Waals surface area contributed by atoms with E-state index in [1.54, 1.807) is 0 Å². The summed E-state index contributed by atoms with van der Waals surface area (Å²) in [5.74, 6) is 0.834. The molecule has 1 aromatic rings. The van der Waals surface area contributed by atoms with E-state index >= 15 is 0 Å². The predicted octanol–water partition coefficient (Wildman–Crippen LogP) is 3.29. The average Bonchev–Trinajstić information content (AvgIpc) is 2.49. The quantitative estimate of drug-likeness (QED) is 0.931. The van der Waals surface area contributed by atoms with Gasteiger partial charge in [-0.15, -0.1) is 0 Å². The van der Waals surface area contributed by atoms with Crippen molar-refractivity contribution in [2.45, 2.75) is 50.0 Å². The number of rotatable bonds is 3. The zero-order valence-corrected chi connectivity index (χ0v) is 13.1. The first-order chi connectivity index (χ1) is 10.7. The molecule has 3 fully saturated rings. The molecule has 0 spiro atoms. The summed E-state index contributed by atoms with van der Waals surface area (Å²) in [7, 11) is 0. The van der Waals surface area contributed by atoms with Crippen molar-refractivity contribution in [1.82, 2.24) is 4.90 Å². The minimum atomic E-state index is -0.637. The van der Waals surface area contributed by atoms with Gasteiger partial charge in [-0.3, -0.25) is 9.69 Å². The van der Waals surface area contributed by atoms with E-state index in [2.05, 4.69) is 4.90 Å². The van der Waals surface area contributed by atoms with Crippen molar-refractivity contribution in [2.75, 3.05) is 13.1 Å². The molecular formula is C19H25NO2. The Hall–Kier alpha value is -1.35. The zero-order chi connectivity index (χ0) is 15.2. The van der Waals surface area contributed by atoms with E-state index in [0.717, 1.165) is 24.3 Å². The maximum atomic E-state index is 11.9. The Kier molecular flexibility index (Phi) is 3.48. The van der Waals surface area contributed by atoms with Gasteiger partial charge in [0.1, 0.15) is 0 Å². The van der Waals surface area contributed by atoms with Crippen LogP contribution in [0.25, 0.3) is 0 Å². The lowest BCUT2D eigenvalue weighted by Gasteiger charge is -2.54. The fraction of sp³-hybridized carbons (Fsp3) is 0.632. The van der Waals surface area contributed by atoms with Gasteiger partial charge in [0, 0.05) is 12.6 Å². The monoisotopic (exact) mass is 299 g/mol. The van der Waals surface area contributed by atoms with E-state index in [-0.39, 0.29) is 0 Å². The zero-order valence-electron chi connectivity index (χ0n) is 13.1. The third-order valence-corrected chi connectivity index (χ3v) is 6.39. The molecule has 3 atom stereocenters. The van der Waals surface area contributed by atoms with Crippen LogP contribution in [0.2, 0.25) is 0 Å². The first-order valence-electron chi connectivity index (χ1n) is 8.72. The van der Waals surface area contributed by atoms with Crippen molar-refractivity contribution < 1.29 is 9.90 Å². The number of benzene rings is 1. The molecule has 1 aromatic carbocycles. The molecule has 4 rings (SSSR count). The van der Waals surface area contributed by atoms with Gasteiger partial charge < -0.3 is 5.11 Å². The number of carboxylic acid groups (broad SMARTS) is 1. The lowest BCUT2D eigenvalue weighted by atomic mass is 9.55. The second-order valence-electron chi connectivity index (χ2n) is 7.57. The predicted molar refractivity (Wildman–Crippen MR) is 85.8 cm³/mol. The molecule has 1 N–H and O–H groups in total. The fourth-order valence-corrected chi connectivity index (χ4v) is 5.16. The van der Waals surface area contributed by atoms with E-state index in [4.69, 9.17) is 0 Å². The van der Waals surface area contributed by atoms with Gasteiger partial charge in [-0.25, -0.2) is 0 Å². The number of hydrogen-bond donors (Lipinski definition) is 1. The fourth-order valence-electron chi connectivity index (χ4n) is 5.16. The Labute approximate surface area is 132 Å². The highest BCUT2D eigenvalue weighted by atomic mass is 16.4. The molecule has 0 radical (unpaired) electrons. The molecular weight excluding hydrogens is 274 g/mol. The van der Waals surface area contributed by atoms with Gasteiger partial charge in [0.15, 0.2) is 0 Å². The lowest BCUT2D eigenvalue weighted by molar-refractivity contribution is -0.152. The highest BCUT2D eigenvalue weighted by Gasteiger charge is 2.55. The second-order valence-corrected chi connectivity index (χ2v) is 7.57. The van der Waals surface area contributed by atoms with Crippen LogP contribution in [0.1, 0.15) is 44.1 Å². The Morgan fingerprint density at radius 2 is 1.91 bits per heavy atom. The Balaban J connectivity index is 1.50. The molecule has 22 heavy (non-hydrogen) atoms. The van der Waals surface area contributed by atoms with Gasteiger partial charge in [-0.2, -0.15) is 0 Å². The molecule has 2 aliphatic heterocycles. The summed E-state index contributed by atoms with van der Waals surface area (Å²) in [5, 5.41) is 9.82. The van der Waals surface area contributed by atoms with E-state index in [1.165, 1.54) is 38.8 Å². The molecule has 1 aliphatic carbocycles. The summed E-state index contributed by atoms with van der Waals surface area (Å²) < 4.78 is 0. The van der Waals surface area contributed by atoms with Crippen LogP contribution < -0.4 is 0 Å². The number of carboxylic acids is 1. The number of nitrogens with zero attached hydrogens (tertiary/aromatic N) is 1. The van der Waals surface area contributed by atoms with Crippen molar-refractivity contribution in [2.24, 2.45) is 11.8 Å². The molecule has 1 saturated carbocycles. The second kappa shape index (κ2) is 5.38. The van der Waals surface area contributed by atoms with Crippen LogP contribution in [0.5, 0.6) is 0 Å². The number of piperidine rings is 2. The maximum Gasteiger partial charge on any atom is 0.314 e. The minimum Gasteiger partial charge on any atom is -0.481 e. The highest BCUT2D eigenvalue weighted by Crippen LogP contribution is 2.52. The van der Waals surface area contributed by atoms with Gasteiger partial charge in [0.25, 0.3) is 0 Å². The minimum absolute atomic E-state index is 0.565. The van der Waals surface area contributed by atoms with Crippen molar-refractivity contribution in [3.05, 3.63) is 35.9 Å². The van der Waals surface area contributed by atoms with Gasteiger partial charge in [-0.1, -0.05) is 30.3 Å². The maximum absolute atomic E-state index is 11.9. The first-order valence-corrected chi connectivity index (χ1v) is 8.72. The van der Waals surface area contributed by atoms with Crippen LogP contribution in [0.4, 0.5) is 0 Å². The molecule has 2 heterocycles. The first kappa shape index (κ1) is 14.3. The number of fused-ring (bicyclic) bond motifs is 2. The largest absolute Gasteiger partial charge is 0.481 e. The standard InChI is InChI=1S/C19H25NO2/c21-18(22)19(16-6-2-1-3-7-16)11-15(12-19)17-9-8-14-5-4-10-20(17)13-14/h1-3,6-7,14-15,17H,4-5,8-13H2,(H,21,22). The van der Waals surface area contributed by atoms with Gasteiger partial charge in [0.2, 0.25) is 0 Å². The van der Waals surface area contributed by atoms with E-state index < -0.39 is 11.4 Å². The topological polar surface area (TPSA) is 40.5 Å². The van der Waals surface area contributed by atoms with Crippen molar-refractivity contribution >= 4 is 5.97 Å². The third-order valence-electron chi connectivity index (χ3n) is 6.39. The van der Waals surface area contributed by atoms with Crippen LogP contribution >= 0.6 is 0 Å². The molecule has 118 valence electrons. The van der Waals surface area contributed by atoms with Gasteiger partial charge >= 0.3 is 5.97 Å². The SMILES string of the molecule is O=C(O)C1(c2ccccc2)CC(C2CCC3CCCN2C3)C1. The average molecular weight is 299 g/mol. The summed E-state index contributed by atoms with van der Waals surface area (Å²) in [4.78, 5) is 14.6. The summed E-state index contributed by atoms with van der Waals surface area (Å²) in [5.41, 5.74) is 0.365. The molecule has 3 heteroatoms. The summed E-state index contributed by atoms with van der Waals surface area (Å²) in [6.45, 7) is 2.48. The van der Waals surface area contributed by atoms with Crippen molar-refractivity contribution in [3.8, 4) is 0 Å². The van der Waals surface area contributed by atoms with Crippen LogP contribution in [-0.2, 0) is 10.2 Å². The third kappa shape index (κ3) is 2.18. The number of aliphatic carboxylic acids is 1. The summed E-state index contributed by atoms with van der Waals surface area (Å²) in [6.07, 6.45) is 6.99. The van der Waals surface area contributed by atoms with Crippen LogP contribution in [-0.4, -0.2) is 35.1 Å². The van der Waals surface area contributed by atoms with E-state index in [1.807, 2.05) is 30.3 Å². The molecule has 0 amide bonds. The van der Waals surface area contributed by atoms with Gasteiger partial charge in [-0.05, 0) is 62.5 Å². The Morgan fingerprint density at radius 3 is 2.64 bits per heavy atom. The molecule has 3 unspecified atom stereocenters. The molecule has 3 aliphatic rings. The Bertz CT molecular complexity index is 550.